The summed E-state index contributed by atoms with van der Waals surface area (Å²) in [7, 11) is 3.99. The highest BCUT2D eigenvalue weighted by Gasteiger charge is 2.15. The molecule has 16 heavy (non-hydrogen) atoms. The minimum Gasteiger partial charge on any atom is -0.378 e. The summed E-state index contributed by atoms with van der Waals surface area (Å²) in [4.78, 5) is 13.5. The van der Waals surface area contributed by atoms with Crippen LogP contribution in [0.3, 0.4) is 0 Å². The van der Waals surface area contributed by atoms with E-state index in [9.17, 15) is 4.79 Å². The fourth-order valence-electron chi connectivity index (χ4n) is 1.02. The summed E-state index contributed by atoms with van der Waals surface area (Å²) in [5.41, 5.74) is 5.68. The average molecular weight is 231 g/mol. The Labute approximate surface area is 98.3 Å². The average Bonchev–Trinajstić information content (AvgIpc) is 2.21. The molecule has 0 heterocycles. The van der Waals surface area contributed by atoms with Gasteiger partial charge >= 0.3 is 0 Å². The smallest absolute Gasteiger partial charge is 0.237 e. The maximum atomic E-state index is 11.4. The van der Waals surface area contributed by atoms with Crippen molar-refractivity contribution >= 4 is 5.91 Å². The zero-order valence-electron chi connectivity index (χ0n) is 10.8. The molecule has 0 aliphatic carbocycles. The van der Waals surface area contributed by atoms with E-state index in [1.54, 1.807) is 0 Å². The Kier molecular flexibility index (Phi) is 8.15. The Hall–Kier alpha value is -0.650. The number of nitrogens with two attached hydrogens (primary N) is 1. The molecule has 0 rings (SSSR count). The molecular formula is C11H25N3O2. The lowest BCUT2D eigenvalue weighted by Gasteiger charge is -2.15. The number of hydrogen-bond acceptors (Lipinski definition) is 4. The maximum Gasteiger partial charge on any atom is 0.237 e. The van der Waals surface area contributed by atoms with Crippen molar-refractivity contribution in [1.29, 1.82) is 0 Å². The van der Waals surface area contributed by atoms with E-state index >= 15 is 0 Å². The number of ether oxygens (including phenoxy) is 1. The van der Waals surface area contributed by atoms with Gasteiger partial charge in [0.25, 0.3) is 0 Å². The van der Waals surface area contributed by atoms with Crippen molar-refractivity contribution in [2.24, 2.45) is 11.7 Å². The van der Waals surface area contributed by atoms with Crippen LogP contribution in [0.2, 0.25) is 0 Å². The first-order valence-electron chi connectivity index (χ1n) is 5.71. The van der Waals surface area contributed by atoms with Crippen LogP contribution in [0, 0.1) is 5.92 Å². The SMILES string of the molecule is CC(C)[C@@H](N)C(=O)NCCOCCN(C)C. The highest BCUT2D eigenvalue weighted by Crippen LogP contribution is 1.97. The van der Waals surface area contributed by atoms with E-state index in [0.717, 1.165) is 6.54 Å². The van der Waals surface area contributed by atoms with Gasteiger partial charge in [0, 0.05) is 13.1 Å². The van der Waals surface area contributed by atoms with Gasteiger partial charge in [-0.2, -0.15) is 0 Å². The van der Waals surface area contributed by atoms with Gasteiger partial charge in [0.05, 0.1) is 19.3 Å². The maximum absolute atomic E-state index is 11.4. The Morgan fingerprint density at radius 2 is 2.00 bits per heavy atom. The second-order valence-corrected chi connectivity index (χ2v) is 4.48. The molecule has 5 heteroatoms. The van der Waals surface area contributed by atoms with Gasteiger partial charge in [-0.25, -0.2) is 0 Å². The van der Waals surface area contributed by atoms with Gasteiger partial charge in [0.2, 0.25) is 5.91 Å². The zero-order chi connectivity index (χ0) is 12.6. The molecule has 0 aliphatic heterocycles. The molecule has 0 unspecified atom stereocenters. The first-order valence-corrected chi connectivity index (χ1v) is 5.71. The van der Waals surface area contributed by atoms with Gasteiger partial charge in [-0.15, -0.1) is 0 Å². The van der Waals surface area contributed by atoms with Crippen molar-refractivity contribution in [2.75, 3.05) is 40.4 Å². The quantitative estimate of drug-likeness (QED) is 0.561. The molecular weight excluding hydrogens is 206 g/mol. The van der Waals surface area contributed by atoms with Crippen LogP contribution in [0.5, 0.6) is 0 Å². The molecule has 96 valence electrons. The first kappa shape index (κ1) is 15.3. The van der Waals surface area contributed by atoms with Crippen molar-refractivity contribution in [3.63, 3.8) is 0 Å². The number of hydrogen-bond donors (Lipinski definition) is 2. The zero-order valence-corrected chi connectivity index (χ0v) is 10.8. The molecule has 0 saturated heterocycles. The molecule has 0 aromatic carbocycles. The third kappa shape index (κ3) is 7.62. The Bertz CT molecular complexity index is 196. The van der Waals surface area contributed by atoms with E-state index < -0.39 is 6.04 Å². The second kappa shape index (κ2) is 8.50. The van der Waals surface area contributed by atoms with Gasteiger partial charge in [-0.05, 0) is 20.0 Å². The summed E-state index contributed by atoms with van der Waals surface area (Å²) in [6.07, 6.45) is 0. The third-order valence-electron chi connectivity index (χ3n) is 2.25. The van der Waals surface area contributed by atoms with Crippen LogP contribution >= 0.6 is 0 Å². The number of nitrogens with one attached hydrogen (secondary N) is 1. The summed E-state index contributed by atoms with van der Waals surface area (Å²) >= 11 is 0. The summed E-state index contributed by atoms with van der Waals surface area (Å²) in [6, 6.07) is -0.429. The molecule has 5 nitrogen and oxygen atoms in total. The number of likely N-dealkylation sites (N-methyl/N-ethyl adjacent to an activating group) is 1. The van der Waals surface area contributed by atoms with Crippen molar-refractivity contribution < 1.29 is 9.53 Å². The predicted molar refractivity (Wildman–Crippen MR) is 65.2 cm³/mol. The Morgan fingerprint density at radius 1 is 1.38 bits per heavy atom. The van der Waals surface area contributed by atoms with Gasteiger partial charge in [0.15, 0.2) is 0 Å². The van der Waals surface area contributed by atoms with Crippen LogP contribution in [0.15, 0.2) is 0 Å². The molecule has 0 spiro atoms. The highest BCUT2D eigenvalue weighted by atomic mass is 16.5. The number of carbonyl (C=O) groups excluding carboxylic acids is 1. The molecule has 0 aromatic rings. The number of carbonyl (C=O) groups is 1. The summed E-state index contributed by atoms with van der Waals surface area (Å²) in [6.45, 7) is 6.48. The molecule has 0 aromatic heterocycles. The molecule has 0 fully saturated rings. The lowest BCUT2D eigenvalue weighted by atomic mass is 10.1. The summed E-state index contributed by atoms with van der Waals surface area (Å²) < 4.78 is 5.34. The molecule has 0 radical (unpaired) electrons. The molecule has 1 atom stereocenters. The second-order valence-electron chi connectivity index (χ2n) is 4.48. The number of rotatable bonds is 8. The van der Waals surface area contributed by atoms with Crippen molar-refractivity contribution in [3.05, 3.63) is 0 Å². The van der Waals surface area contributed by atoms with Gasteiger partial charge in [-0.3, -0.25) is 4.79 Å². The summed E-state index contributed by atoms with van der Waals surface area (Å²) in [5.74, 6) is 0.0564. The predicted octanol–water partition coefficient (Wildman–Crippen LogP) is -0.336. The van der Waals surface area contributed by atoms with Crippen molar-refractivity contribution in [3.8, 4) is 0 Å². The van der Waals surface area contributed by atoms with E-state index in [4.69, 9.17) is 10.5 Å². The molecule has 3 N–H and O–H groups in total. The highest BCUT2D eigenvalue weighted by molar-refractivity contribution is 5.81. The number of nitrogens with zero attached hydrogens (tertiary/aromatic N) is 1. The third-order valence-corrected chi connectivity index (χ3v) is 2.25. The monoisotopic (exact) mass is 231 g/mol. The minimum absolute atomic E-state index is 0.105. The fraction of sp³-hybridized carbons (Fsp3) is 0.909. The lowest BCUT2D eigenvalue weighted by molar-refractivity contribution is -0.123. The molecule has 0 saturated carbocycles. The van der Waals surface area contributed by atoms with Crippen LogP contribution in [0.25, 0.3) is 0 Å². The van der Waals surface area contributed by atoms with Crippen LogP contribution < -0.4 is 11.1 Å². The topological polar surface area (TPSA) is 67.6 Å². The van der Waals surface area contributed by atoms with E-state index in [2.05, 4.69) is 5.32 Å². The van der Waals surface area contributed by atoms with E-state index in [1.165, 1.54) is 0 Å². The van der Waals surface area contributed by atoms with Crippen LogP contribution in [-0.4, -0.2) is 57.2 Å². The van der Waals surface area contributed by atoms with Gasteiger partial charge in [-0.1, -0.05) is 13.8 Å². The van der Waals surface area contributed by atoms with Crippen LogP contribution in [-0.2, 0) is 9.53 Å². The Morgan fingerprint density at radius 3 is 2.50 bits per heavy atom. The van der Waals surface area contributed by atoms with Crippen molar-refractivity contribution in [2.45, 2.75) is 19.9 Å². The standard InChI is InChI=1S/C11H25N3O2/c1-9(2)10(12)11(15)13-5-7-16-8-6-14(3)4/h9-10H,5-8,12H2,1-4H3,(H,13,15)/t10-/m1/s1. The van der Waals surface area contributed by atoms with Crippen molar-refractivity contribution in [1.82, 2.24) is 10.2 Å². The Balaban J connectivity index is 3.41. The van der Waals surface area contributed by atoms with E-state index in [1.807, 2.05) is 32.8 Å². The molecule has 1 amide bonds. The largest absolute Gasteiger partial charge is 0.378 e. The normalized spacial score (nSPS) is 13.2. The summed E-state index contributed by atoms with van der Waals surface area (Å²) in [5, 5.41) is 2.75. The van der Waals surface area contributed by atoms with Gasteiger partial charge < -0.3 is 20.7 Å². The fourth-order valence-corrected chi connectivity index (χ4v) is 1.02. The molecule has 0 aliphatic rings. The lowest BCUT2D eigenvalue weighted by Crippen LogP contribution is -2.44. The van der Waals surface area contributed by atoms with Gasteiger partial charge in [0.1, 0.15) is 0 Å². The minimum atomic E-state index is -0.429. The van der Waals surface area contributed by atoms with E-state index in [-0.39, 0.29) is 11.8 Å². The number of amides is 1. The van der Waals surface area contributed by atoms with Crippen LogP contribution in [0.1, 0.15) is 13.8 Å². The first-order chi connectivity index (χ1) is 7.45. The molecule has 0 bridgehead atoms. The van der Waals surface area contributed by atoms with Crippen LogP contribution in [0.4, 0.5) is 0 Å². The van der Waals surface area contributed by atoms with E-state index in [0.29, 0.717) is 19.8 Å².